The molecule has 0 atom stereocenters. The number of esters is 1. The first-order valence-electron chi connectivity index (χ1n) is 10.3. The van der Waals surface area contributed by atoms with Crippen molar-refractivity contribution in [2.24, 2.45) is 0 Å². The molecule has 2 aliphatic rings. The summed E-state index contributed by atoms with van der Waals surface area (Å²) in [5.41, 5.74) is 0.906. The maximum atomic E-state index is 13.0. The number of pyridine rings is 1. The number of carbonyl (C=O) groups excluding carboxylic acids is 3. The highest BCUT2D eigenvalue weighted by Crippen LogP contribution is 2.37. The molecule has 1 amide bonds. The second kappa shape index (κ2) is 10.4. The van der Waals surface area contributed by atoms with E-state index in [1.807, 2.05) is 0 Å². The second-order valence-electron chi connectivity index (χ2n) is 7.52. The summed E-state index contributed by atoms with van der Waals surface area (Å²) >= 11 is 0. The van der Waals surface area contributed by atoms with Gasteiger partial charge in [-0.25, -0.2) is 4.89 Å². The van der Waals surface area contributed by atoms with E-state index in [9.17, 15) is 19.2 Å². The molecule has 0 bridgehead atoms. The van der Waals surface area contributed by atoms with Crippen LogP contribution < -0.4 is 15.7 Å². The van der Waals surface area contributed by atoms with Gasteiger partial charge in [-0.15, -0.1) is 0 Å². The summed E-state index contributed by atoms with van der Waals surface area (Å²) in [6, 6.07) is 1.16. The first kappa shape index (κ1) is 23.4. The summed E-state index contributed by atoms with van der Waals surface area (Å²) < 4.78 is 16.6. The van der Waals surface area contributed by atoms with Crippen LogP contribution in [0.25, 0.3) is 0 Å². The van der Waals surface area contributed by atoms with Crippen LogP contribution in [0.3, 0.4) is 0 Å². The van der Waals surface area contributed by atoms with Crippen LogP contribution in [0.2, 0.25) is 0 Å². The molecule has 32 heavy (non-hydrogen) atoms. The minimum atomic E-state index is -1.22. The third kappa shape index (κ3) is 5.31. The molecule has 1 aromatic rings. The van der Waals surface area contributed by atoms with Gasteiger partial charge in [-0.1, -0.05) is 0 Å². The normalized spacial score (nSPS) is 17.4. The van der Waals surface area contributed by atoms with Crippen molar-refractivity contribution in [1.29, 1.82) is 0 Å². The van der Waals surface area contributed by atoms with Gasteiger partial charge >= 0.3 is 12.1 Å². The Bertz CT molecular complexity index is 902. The molecular weight excluding hydrogens is 426 g/mol. The molecule has 12 heteroatoms. The highest BCUT2D eigenvalue weighted by molar-refractivity contribution is 5.95. The van der Waals surface area contributed by atoms with E-state index >= 15 is 0 Å². The van der Waals surface area contributed by atoms with Gasteiger partial charge in [0.1, 0.15) is 5.60 Å². The molecule has 1 N–H and O–H groups in total. The standard InChI is InChI=1S/C20H27N3O9/c1-21-23-8-5-14(24)17(16(23)18(26)22-9-11-29-12-10-22)31-32-19(27)30-20(6-3-4-7-20)13-15(25)28-2/h5,8,21H,3-4,6-7,9-13H2,1-2H3. The molecule has 2 heterocycles. The van der Waals surface area contributed by atoms with E-state index < -0.39 is 34.8 Å². The summed E-state index contributed by atoms with van der Waals surface area (Å²) in [7, 11) is 2.80. The smallest absolute Gasteiger partial charge is 0.469 e. The van der Waals surface area contributed by atoms with Crippen molar-refractivity contribution in [3.8, 4) is 5.75 Å². The molecule has 12 nitrogen and oxygen atoms in total. The number of methoxy groups -OCH3 is 1. The molecule has 1 saturated heterocycles. The topological polar surface area (TPSA) is 135 Å². The quantitative estimate of drug-likeness (QED) is 0.359. The maximum Gasteiger partial charge on any atom is 0.550 e. The summed E-state index contributed by atoms with van der Waals surface area (Å²) in [6.07, 6.45) is 2.51. The lowest BCUT2D eigenvalue weighted by Crippen LogP contribution is -2.43. The van der Waals surface area contributed by atoms with E-state index in [0.29, 0.717) is 39.1 Å². The fourth-order valence-corrected chi connectivity index (χ4v) is 3.84. The Balaban J connectivity index is 1.76. The summed E-state index contributed by atoms with van der Waals surface area (Å²) in [5.74, 6) is -1.48. The molecule has 1 aromatic heterocycles. The number of aromatic nitrogens is 1. The Hall–Kier alpha value is -3.28. The van der Waals surface area contributed by atoms with E-state index in [2.05, 4.69) is 10.2 Å². The maximum absolute atomic E-state index is 13.0. The van der Waals surface area contributed by atoms with Gasteiger partial charge in [0.15, 0.2) is 5.69 Å². The van der Waals surface area contributed by atoms with Crippen LogP contribution in [0.4, 0.5) is 4.79 Å². The van der Waals surface area contributed by atoms with Gasteiger partial charge in [0, 0.05) is 32.4 Å². The average molecular weight is 453 g/mol. The molecular formula is C20H27N3O9. The van der Waals surface area contributed by atoms with Crippen molar-refractivity contribution in [2.75, 3.05) is 45.9 Å². The first-order chi connectivity index (χ1) is 15.4. The van der Waals surface area contributed by atoms with Gasteiger partial charge < -0.3 is 24.5 Å². The number of nitrogens with zero attached hydrogens (tertiary/aromatic N) is 2. The zero-order valence-corrected chi connectivity index (χ0v) is 18.1. The van der Waals surface area contributed by atoms with E-state index in [0.717, 1.165) is 18.9 Å². The first-order valence-corrected chi connectivity index (χ1v) is 10.3. The van der Waals surface area contributed by atoms with E-state index in [4.69, 9.17) is 19.2 Å². The third-order valence-electron chi connectivity index (χ3n) is 5.50. The SMILES string of the molecule is CNn1ccc(=O)c(OOC(=O)OC2(CC(=O)OC)CCCC2)c1C(=O)N1CCOCC1. The highest BCUT2D eigenvalue weighted by atomic mass is 17.2. The van der Waals surface area contributed by atoms with Gasteiger partial charge in [-0.2, -0.15) is 4.79 Å². The molecule has 1 aliphatic carbocycles. The van der Waals surface area contributed by atoms with Crippen molar-refractivity contribution in [3.63, 3.8) is 0 Å². The number of hydrogen-bond donors (Lipinski definition) is 1. The Kier molecular flexibility index (Phi) is 7.57. The molecule has 0 aromatic carbocycles. The predicted octanol–water partition coefficient (Wildman–Crippen LogP) is 0.817. The summed E-state index contributed by atoms with van der Waals surface area (Å²) in [4.78, 5) is 60.8. The van der Waals surface area contributed by atoms with Crippen LogP contribution in [0.1, 0.15) is 42.6 Å². The van der Waals surface area contributed by atoms with E-state index in [1.54, 1.807) is 7.05 Å². The van der Waals surface area contributed by atoms with Crippen molar-refractivity contribution in [3.05, 3.63) is 28.2 Å². The minimum absolute atomic E-state index is 0.114. The van der Waals surface area contributed by atoms with Crippen LogP contribution in [0, 0.1) is 0 Å². The Morgan fingerprint density at radius 1 is 1.19 bits per heavy atom. The molecule has 176 valence electrons. The zero-order valence-electron chi connectivity index (χ0n) is 18.1. The second-order valence-corrected chi connectivity index (χ2v) is 7.52. The number of morpholine rings is 1. The lowest BCUT2D eigenvalue weighted by Gasteiger charge is -2.28. The molecule has 0 spiro atoms. The highest BCUT2D eigenvalue weighted by Gasteiger charge is 2.41. The number of carbonyl (C=O) groups is 3. The van der Waals surface area contributed by atoms with Crippen molar-refractivity contribution in [2.45, 2.75) is 37.7 Å². The van der Waals surface area contributed by atoms with Crippen LogP contribution in [-0.2, 0) is 23.9 Å². The van der Waals surface area contributed by atoms with Gasteiger partial charge in [-0.3, -0.25) is 23.9 Å². The molecule has 0 radical (unpaired) electrons. The van der Waals surface area contributed by atoms with Gasteiger partial charge in [0.25, 0.3) is 11.7 Å². The number of ether oxygens (including phenoxy) is 3. The largest absolute Gasteiger partial charge is 0.550 e. The van der Waals surface area contributed by atoms with Gasteiger partial charge in [-0.05, 0) is 25.7 Å². The van der Waals surface area contributed by atoms with Gasteiger partial charge in [0.05, 0.1) is 26.7 Å². The van der Waals surface area contributed by atoms with E-state index in [1.165, 1.54) is 22.9 Å². The molecule has 2 fully saturated rings. The number of nitrogens with one attached hydrogen (secondary N) is 1. The van der Waals surface area contributed by atoms with Crippen LogP contribution in [-0.4, -0.2) is 73.7 Å². The van der Waals surface area contributed by atoms with Gasteiger partial charge in [0.2, 0.25) is 5.43 Å². The Morgan fingerprint density at radius 3 is 2.50 bits per heavy atom. The van der Waals surface area contributed by atoms with Crippen molar-refractivity contribution >= 4 is 18.0 Å². The van der Waals surface area contributed by atoms with Crippen LogP contribution in [0.5, 0.6) is 5.75 Å². The molecule has 1 aliphatic heterocycles. The monoisotopic (exact) mass is 453 g/mol. The number of amides is 1. The average Bonchev–Trinajstić information content (AvgIpc) is 3.25. The fourth-order valence-electron chi connectivity index (χ4n) is 3.84. The zero-order chi connectivity index (χ0) is 23.1. The summed E-state index contributed by atoms with van der Waals surface area (Å²) in [5, 5.41) is 0. The van der Waals surface area contributed by atoms with Crippen LogP contribution >= 0.6 is 0 Å². The minimum Gasteiger partial charge on any atom is -0.469 e. The predicted molar refractivity (Wildman–Crippen MR) is 109 cm³/mol. The molecule has 0 unspecified atom stereocenters. The summed E-state index contributed by atoms with van der Waals surface area (Å²) in [6.45, 7) is 1.40. The molecule has 3 rings (SSSR count). The number of rotatable bonds is 7. The van der Waals surface area contributed by atoms with E-state index in [-0.39, 0.29) is 12.1 Å². The van der Waals surface area contributed by atoms with Crippen molar-refractivity contribution in [1.82, 2.24) is 9.58 Å². The fraction of sp³-hybridized carbons (Fsp3) is 0.600. The lowest BCUT2D eigenvalue weighted by molar-refractivity contribution is -0.188. The third-order valence-corrected chi connectivity index (χ3v) is 5.50. The Labute approximate surface area is 184 Å². The number of hydrogen-bond acceptors (Lipinski definition) is 10. The molecule has 1 saturated carbocycles. The van der Waals surface area contributed by atoms with Crippen molar-refractivity contribution < 1.29 is 38.4 Å². The van der Waals surface area contributed by atoms with Crippen LogP contribution in [0.15, 0.2) is 17.1 Å². The Morgan fingerprint density at radius 2 is 1.88 bits per heavy atom. The lowest BCUT2D eigenvalue weighted by atomic mass is 9.98.